The summed E-state index contributed by atoms with van der Waals surface area (Å²) in [6.45, 7) is 1.74. The molecule has 0 heterocycles. The van der Waals surface area contributed by atoms with Gasteiger partial charge < -0.3 is 5.32 Å². The molecule has 0 unspecified atom stereocenters. The van der Waals surface area contributed by atoms with Crippen LogP contribution in [0.15, 0.2) is 11.8 Å². The normalized spacial score (nSPS) is 13.3. The van der Waals surface area contributed by atoms with E-state index in [1.165, 1.54) is 0 Å². The van der Waals surface area contributed by atoms with E-state index in [4.69, 9.17) is 10.7 Å². The second-order valence-corrected chi connectivity index (χ2v) is 4.52. The third-order valence-electron chi connectivity index (χ3n) is 0.997. The van der Waals surface area contributed by atoms with Crippen LogP contribution in [-0.2, 0) is 9.05 Å². The lowest BCUT2D eigenvalue weighted by atomic mass is 10.5. The summed E-state index contributed by atoms with van der Waals surface area (Å²) in [6, 6.07) is 0. The Hall–Kier alpha value is -0.220. The number of halogens is 1. The summed E-state index contributed by atoms with van der Waals surface area (Å²) in [5.41, 5.74) is 0.606. The molecule has 0 aromatic carbocycles. The summed E-state index contributed by atoms with van der Waals surface area (Å²) in [7, 11) is 3.22. The third kappa shape index (κ3) is 4.64. The molecule has 10 heavy (non-hydrogen) atoms. The molecule has 60 valence electrons. The summed E-state index contributed by atoms with van der Waals surface area (Å²) in [6.07, 6.45) is 1.67. The number of nitrogens with one attached hydrogen (secondary N) is 1. The lowest BCUT2D eigenvalue weighted by molar-refractivity contribution is 0.610. The zero-order chi connectivity index (χ0) is 8.20. The van der Waals surface area contributed by atoms with Gasteiger partial charge in [0.05, 0.1) is 0 Å². The van der Waals surface area contributed by atoms with Crippen molar-refractivity contribution >= 4 is 19.7 Å². The van der Waals surface area contributed by atoms with E-state index in [0.717, 1.165) is 0 Å². The highest BCUT2D eigenvalue weighted by molar-refractivity contribution is 8.13. The fourth-order valence-corrected chi connectivity index (χ4v) is 1.52. The van der Waals surface area contributed by atoms with E-state index in [-0.39, 0.29) is 5.75 Å². The van der Waals surface area contributed by atoms with E-state index in [9.17, 15) is 8.42 Å². The Morgan fingerprint density at radius 3 is 2.30 bits per heavy atom. The summed E-state index contributed by atoms with van der Waals surface area (Å²) in [4.78, 5) is 0. The molecule has 0 saturated carbocycles. The summed E-state index contributed by atoms with van der Waals surface area (Å²) in [5, 5.41) is 2.71. The molecule has 0 bridgehead atoms. The zero-order valence-electron chi connectivity index (χ0n) is 5.89. The lowest BCUT2D eigenvalue weighted by Crippen LogP contribution is -2.13. The van der Waals surface area contributed by atoms with Gasteiger partial charge in [0.15, 0.2) is 0 Å². The molecule has 0 aliphatic carbocycles. The monoisotopic (exact) mass is 183 g/mol. The van der Waals surface area contributed by atoms with Crippen LogP contribution in [0.25, 0.3) is 0 Å². The summed E-state index contributed by atoms with van der Waals surface area (Å²) in [5.74, 6) is -0.137. The number of rotatable bonds is 3. The van der Waals surface area contributed by atoms with Crippen LogP contribution in [0.3, 0.4) is 0 Å². The Morgan fingerprint density at radius 2 is 2.20 bits per heavy atom. The zero-order valence-corrected chi connectivity index (χ0v) is 7.46. The first-order valence-corrected chi connectivity index (χ1v) is 5.22. The minimum atomic E-state index is -3.41. The van der Waals surface area contributed by atoms with Gasteiger partial charge in [-0.15, -0.1) is 0 Å². The minimum Gasteiger partial charge on any atom is -0.391 e. The Balaban J connectivity index is 4.16. The van der Waals surface area contributed by atoms with E-state index >= 15 is 0 Å². The molecule has 0 radical (unpaired) electrons. The van der Waals surface area contributed by atoms with E-state index < -0.39 is 9.05 Å². The molecule has 0 aromatic heterocycles. The third-order valence-corrected chi connectivity index (χ3v) is 1.98. The predicted molar refractivity (Wildman–Crippen MR) is 42.5 cm³/mol. The standard InChI is InChI=1S/C5H10ClNO2S/c1-3-5(7-2)4-10(6,8)9/h3,7H,4H2,1-2H3/b5-3+. The Kier molecular flexibility index (Phi) is 3.75. The van der Waals surface area contributed by atoms with Gasteiger partial charge >= 0.3 is 0 Å². The maximum atomic E-state index is 10.4. The molecule has 0 fully saturated rings. The van der Waals surface area contributed by atoms with E-state index in [1.807, 2.05) is 0 Å². The molecule has 0 rings (SSSR count). The predicted octanol–water partition coefficient (Wildman–Crippen LogP) is 0.678. The van der Waals surface area contributed by atoms with Crippen molar-refractivity contribution < 1.29 is 8.42 Å². The van der Waals surface area contributed by atoms with Crippen LogP contribution in [-0.4, -0.2) is 21.2 Å². The molecule has 0 amide bonds. The maximum Gasteiger partial charge on any atom is 0.238 e. The average Bonchev–Trinajstić information content (AvgIpc) is 1.81. The van der Waals surface area contributed by atoms with Gasteiger partial charge in [-0.1, -0.05) is 6.08 Å². The highest BCUT2D eigenvalue weighted by Crippen LogP contribution is 2.01. The van der Waals surface area contributed by atoms with Gasteiger partial charge in [0.2, 0.25) is 9.05 Å². The molecule has 0 atom stereocenters. The van der Waals surface area contributed by atoms with Crippen LogP contribution in [0.4, 0.5) is 0 Å². The first-order chi connectivity index (χ1) is 4.49. The fraction of sp³-hybridized carbons (Fsp3) is 0.600. The van der Waals surface area contributed by atoms with Crippen LogP contribution >= 0.6 is 10.7 Å². The van der Waals surface area contributed by atoms with Crippen molar-refractivity contribution in [2.45, 2.75) is 6.92 Å². The van der Waals surface area contributed by atoms with Crippen molar-refractivity contribution in [2.75, 3.05) is 12.8 Å². The second-order valence-electron chi connectivity index (χ2n) is 1.75. The van der Waals surface area contributed by atoms with Gasteiger partial charge in [0, 0.05) is 23.4 Å². The molecule has 0 aliphatic rings. The molecule has 3 nitrogen and oxygen atoms in total. The van der Waals surface area contributed by atoms with Crippen molar-refractivity contribution in [3.63, 3.8) is 0 Å². The quantitative estimate of drug-likeness (QED) is 0.655. The van der Waals surface area contributed by atoms with E-state index in [1.54, 1.807) is 20.0 Å². The van der Waals surface area contributed by atoms with Crippen molar-refractivity contribution in [3.8, 4) is 0 Å². The Labute approximate surface area is 65.5 Å². The molecule has 0 spiro atoms. The smallest absolute Gasteiger partial charge is 0.238 e. The van der Waals surface area contributed by atoms with Gasteiger partial charge in [-0.05, 0) is 6.92 Å². The van der Waals surface area contributed by atoms with Crippen LogP contribution in [0, 0.1) is 0 Å². The Morgan fingerprint density at radius 1 is 1.70 bits per heavy atom. The van der Waals surface area contributed by atoms with Gasteiger partial charge in [-0.3, -0.25) is 0 Å². The van der Waals surface area contributed by atoms with Crippen molar-refractivity contribution in [1.29, 1.82) is 0 Å². The Bertz CT molecular complexity index is 220. The van der Waals surface area contributed by atoms with Crippen LogP contribution in [0.2, 0.25) is 0 Å². The van der Waals surface area contributed by atoms with E-state index in [2.05, 4.69) is 5.32 Å². The first-order valence-electron chi connectivity index (χ1n) is 2.75. The molecular formula is C5H10ClNO2S. The van der Waals surface area contributed by atoms with Crippen LogP contribution in [0.1, 0.15) is 6.92 Å². The van der Waals surface area contributed by atoms with Gasteiger partial charge in [0.1, 0.15) is 5.75 Å². The maximum absolute atomic E-state index is 10.4. The topological polar surface area (TPSA) is 46.2 Å². The van der Waals surface area contributed by atoms with Crippen molar-refractivity contribution in [1.82, 2.24) is 5.32 Å². The highest BCUT2D eigenvalue weighted by Gasteiger charge is 2.06. The number of allylic oxidation sites excluding steroid dienone is 1. The van der Waals surface area contributed by atoms with Crippen LogP contribution < -0.4 is 5.32 Å². The van der Waals surface area contributed by atoms with Crippen LogP contribution in [0.5, 0.6) is 0 Å². The summed E-state index contributed by atoms with van der Waals surface area (Å²) < 4.78 is 20.9. The molecule has 0 aliphatic heterocycles. The molecule has 0 aromatic rings. The highest BCUT2D eigenvalue weighted by atomic mass is 35.7. The minimum absolute atomic E-state index is 0.137. The molecule has 5 heteroatoms. The largest absolute Gasteiger partial charge is 0.391 e. The molecule has 1 N–H and O–H groups in total. The number of hydrogen-bond acceptors (Lipinski definition) is 3. The average molecular weight is 184 g/mol. The van der Waals surface area contributed by atoms with Crippen molar-refractivity contribution in [3.05, 3.63) is 11.8 Å². The fourth-order valence-electron chi connectivity index (χ4n) is 0.486. The second kappa shape index (κ2) is 3.83. The number of hydrogen-bond donors (Lipinski definition) is 1. The SMILES string of the molecule is C/C=C(\CS(=O)(=O)Cl)NC. The van der Waals surface area contributed by atoms with Gasteiger partial charge in [0.25, 0.3) is 0 Å². The first kappa shape index (κ1) is 9.78. The molecular weight excluding hydrogens is 174 g/mol. The summed E-state index contributed by atoms with van der Waals surface area (Å²) >= 11 is 0. The van der Waals surface area contributed by atoms with E-state index in [0.29, 0.717) is 5.70 Å². The molecule has 0 saturated heterocycles. The lowest BCUT2D eigenvalue weighted by Gasteiger charge is -2.01. The van der Waals surface area contributed by atoms with Gasteiger partial charge in [-0.2, -0.15) is 0 Å². The van der Waals surface area contributed by atoms with Crippen molar-refractivity contribution in [2.24, 2.45) is 0 Å². The van der Waals surface area contributed by atoms with Gasteiger partial charge in [-0.25, -0.2) is 8.42 Å².